The lowest BCUT2D eigenvalue weighted by molar-refractivity contribution is -0.0469. The van der Waals surface area contributed by atoms with E-state index < -0.39 is 5.92 Å². The Morgan fingerprint density at radius 1 is 1.38 bits per heavy atom. The topological polar surface area (TPSA) is 45.2 Å². The molecule has 1 aliphatic rings. The minimum absolute atomic E-state index is 0.0877. The molecule has 0 aliphatic carbocycles. The number of nitrogens with zero attached hydrogens (tertiary/aromatic N) is 2. The third-order valence-corrected chi connectivity index (χ3v) is 4.96. The van der Waals surface area contributed by atoms with Crippen molar-refractivity contribution in [3.8, 4) is 10.6 Å². The summed E-state index contributed by atoms with van der Waals surface area (Å²) in [4.78, 5) is 18.0. The van der Waals surface area contributed by atoms with Crippen molar-refractivity contribution in [1.82, 2.24) is 15.2 Å². The van der Waals surface area contributed by atoms with Crippen molar-refractivity contribution in [2.24, 2.45) is 0 Å². The van der Waals surface area contributed by atoms with Gasteiger partial charge in [-0.3, -0.25) is 0 Å². The highest BCUT2D eigenvalue weighted by Crippen LogP contribution is 2.28. The van der Waals surface area contributed by atoms with Gasteiger partial charge in [0.2, 0.25) is 0 Å². The number of amides is 2. The number of carbonyl (C=O) groups is 1. The van der Waals surface area contributed by atoms with Crippen molar-refractivity contribution in [3.63, 3.8) is 0 Å². The van der Waals surface area contributed by atoms with Crippen molar-refractivity contribution in [2.75, 3.05) is 13.1 Å². The van der Waals surface area contributed by atoms with Gasteiger partial charge in [0.05, 0.1) is 12.2 Å². The Morgan fingerprint density at radius 3 is 2.83 bits per heavy atom. The molecule has 0 atom stereocenters. The Hall–Kier alpha value is -2.02. The Labute approximate surface area is 143 Å². The van der Waals surface area contributed by atoms with E-state index in [4.69, 9.17) is 0 Å². The number of urea groups is 1. The van der Waals surface area contributed by atoms with Crippen LogP contribution in [0.3, 0.4) is 0 Å². The molecule has 1 aromatic carbocycles. The molecule has 2 heterocycles. The second-order valence-corrected chi connectivity index (χ2v) is 6.87. The Kier molecular flexibility index (Phi) is 4.80. The molecule has 1 aromatic heterocycles. The van der Waals surface area contributed by atoms with Crippen LogP contribution in [-0.4, -0.2) is 34.9 Å². The monoisotopic (exact) mass is 351 g/mol. The molecule has 0 unspecified atom stereocenters. The molecular formula is C17H19F2N3OS. The van der Waals surface area contributed by atoms with E-state index >= 15 is 0 Å². The van der Waals surface area contributed by atoms with E-state index in [0.29, 0.717) is 6.54 Å². The van der Waals surface area contributed by atoms with Gasteiger partial charge in [-0.05, 0) is 13.0 Å². The highest BCUT2D eigenvalue weighted by Gasteiger charge is 2.35. The zero-order valence-corrected chi connectivity index (χ0v) is 14.2. The number of carbonyl (C=O) groups excluding carboxylic acids is 1. The maximum Gasteiger partial charge on any atom is 0.317 e. The largest absolute Gasteiger partial charge is 0.332 e. The quantitative estimate of drug-likeness (QED) is 0.906. The summed E-state index contributed by atoms with van der Waals surface area (Å²) in [5.74, 6) is -2.64. The van der Waals surface area contributed by atoms with Gasteiger partial charge in [-0.15, -0.1) is 11.3 Å². The molecule has 0 radical (unpaired) electrons. The Balaban J connectivity index is 1.55. The SMILES string of the molecule is Cc1cccc(-c2nc(CNC(=O)N3CCC(F)(F)CC3)cs2)c1. The number of hydrogen-bond donors (Lipinski definition) is 1. The second-order valence-electron chi connectivity index (χ2n) is 6.02. The summed E-state index contributed by atoms with van der Waals surface area (Å²) in [5, 5.41) is 5.57. The summed E-state index contributed by atoms with van der Waals surface area (Å²) < 4.78 is 26.2. The smallest absolute Gasteiger partial charge is 0.317 e. The van der Waals surface area contributed by atoms with Gasteiger partial charge in [0.15, 0.2) is 0 Å². The van der Waals surface area contributed by atoms with Gasteiger partial charge in [0.25, 0.3) is 5.92 Å². The number of halogens is 2. The van der Waals surface area contributed by atoms with Crippen LogP contribution in [0.5, 0.6) is 0 Å². The van der Waals surface area contributed by atoms with Gasteiger partial charge in [-0.25, -0.2) is 18.6 Å². The zero-order chi connectivity index (χ0) is 17.2. The van der Waals surface area contributed by atoms with Gasteiger partial charge in [0, 0.05) is 36.9 Å². The van der Waals surface area contributed by atoms with Crippen LogP contribution in [0.1, 0.15) is 24.1 Å². The van der Waals surface area contributed by atoms with Gasteiger partial charge in [-0.2, -0.15) is 0 Å². The Bertz CT molecular complexity index is 722. The Morgan fingerprint density at radius 2 is 2.12 bits per heavy atom. The summed E-state index contributed by atoms with van der Waals surface area (Å²) in [6.07, 6.45) is -0.538. The van der Waals surface area contributed by atoms with Crippen molar-refractivity contribution >= 4 is 17.4 Å². The van der Waals surface area contributed by atoms with E-state index in [1.54, 1.807) is 0 Å². The summed E-state index contributed by atoms with van der Waals surface area (Å²) in [7, 11) is 0. The van der Waals surface area contributed by atoms with Crippen LogP contribution < -0.4 is 5.32 Å². The average Bonchev–Trinajstić information content (AvgIpc) is 3.01. The van der Waals surface area contributed by atoms with E-state index in [1.165, 1.54) is 21.8 Å². The van der Waals surface area contributed by atoms with Crippen LogP contribution in [0.25, 0.3) is 10.6 Å². The summed E-state index contributed by atoms with van der Waals surface area (Å²) >= 11 is 1.52. The fraction of sp³-hybridized carbons (Fsp3) is 0.412. The van der Waals surface area contributed by atoms with Crippen LogP contribution in [0.2, 0.25) is 0 Å². The normalized spacial score (nSPS) is 16.9. The fourth-order valence-corrected chi connectivity index (χ4v) is 3.43. The van der Waals surface area contributed by atoms with Crippen LogP contribution >= 0.6 is 11.3 Å². The molecule has 0 spiro atoms. The number of alkyl halides is 2. The van der Waals surface area contributed by atoms with E-state index in [0.717, 1.165) is 16.3 Å². The van der Waals surface area contributed by atoms with Crippen molar-refractivity contribution in [2.45, 2.75) is 32.2 Å². The molecule has 1 saturated heterocycles. The predicted molar refractivity (Wildman–Crippen MR) is 90.3 cm³/mol. The van der Waals surface area contributed by atoms with Crippen LogP contribution in [0.4, 0.5) is 13.6 Å². The molecule has 0 bridgehead atoms. The number of aryl methyl sites for hydroxylation is 1. The molecule has 2 aromatic rings. The molecular weight excluding hydrogens is 332 g/mol. The predicted octanol–water partition coefficient (Wildman–Crippen LogP) is 4.06. The number of nitrogens with one attached hydrogen (secondary N) is 1. The molecule has 24 heavy (non-hydrogen) atoms. The summed E-state index contributed by atoms with van der Waals surface area (Å²) in [6.45, 7) is 2.50. The first-order valence-electron chi connectivity index (χ1n) is 7.85. The minimum atomic E-state index is -2.64. The van der Waals surface area contributed by atoms with Crippen molar-refractivity contribution in [3.05, 3.63) is 40.9 Å². The zero-order valence-electron chi connectivity index (χ0n) is 13.4. The number of likely N-dealkylation sites (tertiary alicyclic amines) is 1. The van der Waals surface area contributed by atoms with Crippen molar-refractivity contribution < 1.29 is 13.6 Å². The molecule has 2 amide bonds. The lowest BCUT2D eigenvalue weighted by atomic mass is 10.1. The highest BCUT2D eigenvalue weighted by atomic mass is 32.1. The number of rotatable bonds is 3. The first kappa shape index (κ1) is 16.8. The highest BCUT2D eigenvalue weighted by molar-refractivity contribution is 7.13. The molecule has 1 aliphatic heterocycles. The van der Waals surface area contributed by atoms with Crippen molar-refractivity contribution in [1.29, 1.82) is 0 Å². The third-order valence-electron chi connectivity index (χ3n) is 4.02. The van der Waals surface area contributed by atoms with E-state index in [1.807, 2.05) is 30.5 Å². The number of aromatic nitrogens is 1. The first-order valence-corrected chi connectivity index (χ1v) is 8.73. The van der Waals surface area contributed by atoms with E-state index in [-0.39, 0.29) is 32.0 Å². The average molecular weight is 351 g/mol. The summed E-state index contributed by atoms with van der Waals surface area (Å²) in [6, 6.07) is 7.77. The van der Waals surface area contributed by atoms with Gasteiger partial charge >= 0.3 is 6.03 Å². The van der Waals surface area contributed by atoms with E-state index in [9.17, 15) is 13.6 Å². The third kappa shape index (κ3) is 4.08. The molecule has 7 heteroatoms. The first-order chi connectivity index (χ1) is 11.4. The number of benzene rings is 1. The fourth-order valence-electron chi connectivity index (χ4n) is 2.61. The maximum absolute atomic E-state index is 13.1. The molecule has 1 fully saturated rings. The lowest BCUT2D eigenvalue weighted by Gasteiger charge is -2.31. The number of piperidine rings is 1. The molecule has 3 rings (SSSR count). The molecule has 1 N–H and O–H groups in total. The lowest BCUT2D eigenvalue weighted by Crippen LogP contribution is -2.47. The molecule has 0 saturated carbocycles. The second kappa shape index (κ2) is 6.84. The van der Waals surface area contributed by atoms with E-state index in [2.05, 4.69) is 16.4 Å². The van der Waals surface area contributed by atoms with Crippen LogP contribution in [0.15, 0.2) is 29.6 Å². The van der Waals surface area contributed by atoms with Gasteiger partial charge in [0.1, 0.15) is 5.01 Å². The van der Waals surface area contributed by atoms with Gasteiger partial charge < -0.3 is 10.2 Å². The molecule has 4 nitrogen and oxygen atoms in total. The molecule has 128 valence electrons. The van der Waals surface area contributed by atoms with Crippen LogP contribution in [-0.2, 0) is 6.54 Å². The number of hydrogen-bond acceptors (Lipinski definition) is 3. The summed E-state index contributed by atoms with van der Waals surface area (Å²) in [5.41, 5.74) is 2.99. The minimum Gasteiger partial charge on any atom is -0.332 e. The number of thiazole rings is 1. The van der Waals surface area contributed by atoms with Crippen LogP contribution in [0, 0.1) is 6.92 Å². The maximum atomic E-state index is 13.1. The standard InChI is InChI=1S/C17H19F2N3OS/c1-12-3-2-4-13(9-12)15-21-14(11-24-15)10-20-16(23)22-7-5-17(18,19)6-8-22/h2-4,9,11H,5-8,10H2,1H3,(H,20,23). The van der Waals surface area contributed by atoms with Gasteiger partial charge in [-0.1, -0.05) is 23.8 Å².